The van der Waals surface area contributed by atoms with Gasteiger partial charge in [0.1, 0.15) is 0 Å². The third-order valence-corrected chi connectivity index (χ3v) is 8.00. The van der Waals surface area contributed by atoms with E-state index in [1.807, 2.05) is 21.9 Å². The number of nitrogens with zero attached hydrogens (tertiary/aromatic N) is 2. The topological polar surface area (TPSA) is 87.4 Å². The van der Waals surface area contributed by atoms with E-state index in [9.17, 15) is 20.4 Å². The molecule has 0 aliphatic rings. The van der Waals surface area contributed by atoms with Crippen LogP contribution in [-0.4, -0.2) is 94.5 Å². The second kappa shape index (κ2) is 17.8. The highest BCUT2D eigenvalue weighted by molar-refractivity contribution is 6.18. The lowest BCUT2D eigenvalue weighted by Gasteiger charge is -2.31. The van der Waals surface area contributed by atoms with Crippen molar-refractivity contribution in [3.05, 3.63) is 58.7 Å². The Morgan fingerprint density at radius 3 is 1.13 bits per heavy atom. The first-order chi connectivity index (χ1) is 18.7. The Kier molecular flexibility index (Phi) is 15.6. The molecule has 0 aliphatic heterocycles. The third-order valence-electron chi connectivity index (χ3n) is 6.58. The number of aliphatic hydroxyl groups is 4. The summed E-state index contributed by atoms with van der Waals surface area (Å²) < 4.78 is 0. The van der Waals surface area contributed by atoms with Crippen LogP contribution in [0.3, 0.4) is 0 Å². The van der Waals surface area contributed by atoms with Crippen molar-refractivity contribution >= 4 is 57.8 Å². The molecule has 0 heterocycles. The zero-order valence-electron chi connectivity index (χ0n) is 22.7. The number of benzene rings is 2. The number of anilines is 2. The zero-order valence-corrected chi connectivity index (χ0v) is 25.8. The van der Waals surface area contributed by atoms with Crippen molar-refractivity contribution in [2.24, 2.45) is 0 Å². The molecule has 2 aromatic rings. The molecule has 4 N–H and O–H groups in total. The molecule has 0 amide bonds. The lowest BCUT2D eigenvalue weighted by atomic mass is 9.97. The van der Waals surface area contributed by atoms with Crippen molar-refractivity contribution in [3.8, 4) is 0 Å². The maximum Gasteiger partial charge on any atom is 0.0850 e. The number of hydrogen-bond acceptors (Lipinski definition) is 6. The molecule has 0 bridgehead atoms. The molecule has 0 saturated heterocycles. The minimum absolute atomic E-state index is 0.107. The van der Waals surface area contributed by atoms with Gasteiger partial charge in [-0.1, -0.05) is 38.1 Å². The molecule has 0 fully saturated rings. The van der Waals surface area contributed by atoms with Crippen LogP contribution < -0.4 is 9.80 Å². The van der Waals surface area contributed by atoms with Gasteiger partial charge in [-0.3, -0.25) is 0 Å². The summed E-state index contributed by atoms with van der Waals surface area (Å²) in [5, 5.41) is 40.8. The van der Waals surface area contributed by atoms with Gasteiger partial charge in [-0.2, -0.15) is 0 Å². The van der Waals surface area contributed by atoms with Crippen molar-refractivity contribution < 1.29 is 20.4 Å². The van der Waals surface area contributed by atoms with Crippen LogP contribution in [-0.2, 0) is 19.3 Å². The highest BCUT2D eigenvalue weighted by Crippen LogP contribution is 2.28. The Hall–Kier alpha value is -0.960. The first-order valence-electron chi connectivity index (χ1n) is 13.4. The molecule has 4 unspecified atom stereocenters. The summed E-state index contributed by atoms with van der Waals surface area (Å²) in [6.07, 6.45) is -0.592. The van der Waals surface area contributed by atoms with Gasteiger partial charge in [0.25, 0.3) is 0 Å². The van der Waals surface area contributed by atoms with Crippen LogP contribution in [0.5, 0.6) is 0 Å². The Morgan fingerprint density at radius 1 is 0.564 bits per heavy atom. The summed E-state index contributed by atoms with van der Waals surface area (Å²) >= 11 is 23.4. The van der Waals surface area contributed by atoms with Gasteiger partial charge in [-0.05, 0) is 53.6 Å². The van der Waals surface area contributed by atoms with Gasteiger partial charge >= 0.3 is 0 Å². The number of hydrogen-bond donors (Lipinski definition) is 4. The molecule has 10 heteroatoms. The summed E-state index contributed by atoms with van der Waals surface area (Å²) in [4.78, 5) is 3.90. The van der Waals surface area contributed by atoms with E-state index < -0.39 is 24.4 Å². The van der Waals surface area contributed by atoms with Gasteiger partial charge in [0, 0.05) is 37.6 Å². The maximum atomic E-state index is 10.2. The van der Waals surface area contributed by atoms with Crippen molar-refractivity contribution in [3.63, 3.8) is 0 Å². The minimum atomic E-state index is -0.722. The molecule has 0 radical (unpaired) electrons. The third kappa shape index (κ3) is 10.8. The van der Waals surface area contributed by atoms with Crippen molar-refractivity contribution in [1.82, 2.24) is 0 Å². The van der Waals surface area contributed by atoms with E-state index >= 15 is 0 Å². The normalized spacial score (nSPS) is 14.6. The van der Waals surface area contributed by atoms with Crippen LogP contribution in [0, 0.1) is 0 Å². The molecular weight excluding hydrogens is 582 g/mol. The Morgan fingerprint density at radius 2 is 0.872 bits per heavy atom. The summed E-state index contributed by atoms with van der Waals surface area (Å²) in [7, 11) is 0. The standard InChI is InChI=1S/C29H42Cl4N2O4/c1-3-22-10-20(5-7-28(22)34(16-24(36)12-30)17-25(37)13-31)9-21-6-8-29(23(4-2)11-21)35(18-26(38)14-32)19-27(39)15-33/h5-8,10-11,24-27,36-39H,3-4,9,12-19H2,1-2H3. The summed E-state index contributed by atoms with van der Waals surface area (Å²) in [6, 6.07) is 12.5. The predicted octanol–water partition coefficient (Wildman–Crippen LogP) is 4.41. The van der Waals surface area contributed by atoms with Crippen molar-refractivity contribution in [2.75, 3.05) is 59.5 Å². The van der Waals surface area contributed by atoms with Crippen molar-refractivity contribution in [2.45, 2.75) is 57.5 Å². The molecule has 2 rings (SSSR count). The van der Waals surface area contributed by atoms with E-state index in [1.165, 1.54) is 0 Å². The van der Waals surface area contributed by atoms with E-state index in [1.54, 1.807) is 0 Å². The smallest absolute Gasteiger partial charge is 0.0850 e. The number of halogens is 4. The number of alkyl halides is 4. The van der Waals surface area contributed by atoms with E-state index in [0.717, 1.165) is 52.9 Å². The summed E-state index contributed by atoms with van der Waals surface area (Å²) in [6.45, 7) is 5.38. The first kappa shape index (κ1) is 34.2. The predicted molar refractivity (Wildman–Crippen MR) is 166 cm³/mol. The summed E-state index contributed by atoms with van der Waals surface area (Å²) in [5.74, 6) is 0.428. The van der Waals surface area contributed by atoms with E-state index in [2.05, 4.69) is 38.1 Å². The lowest BCUT2D eigenvalue weighted by Crippen LogP contribution is -2.40. The molecule has 0 spiro atoms. The Bertz CT molecular complexity index is 898. The molecule has 220 valence electrons. The zero-order chi connectivity index (χ0) is 28.9. The monoisotopic (exact) mass is 622 g/mol. The minimum Gasteiger partial charge on any atom is -0.390 e. The molecule has 6 nitrogen and oxygen atoms in total. The lowest BCUT2D eigenvalue weighted by molar-refractivity contribution is 0.180. The largest absolute Gasteiger partial charge is 0.390 e. The van der Waals surface area contributed by atoms with Gasteiger partial charge in [-0.25, -0.2) is 0 Å². The fourth-order valence-electron chi connectivity index (χ4n) is 4.67. The second-order valence-corrected chi connectivity index (χ2v) is 11.1. The number of rotatable bonds is 18. The highest BCUT2D eigenvalue weighted by Gasteiger charge is 2.20. The van der Waals surface area contributed by atoms with E-state index in [-0.39, 0.29) is 23.5 Å². The summed E-state index contributed by atoms with van der Waals surface area (Å²) in [5.41, 5.74) is 6.41. The molecular formula is C29H42Cl4N2O4. The molecule has 2 aromatic carbocycles. The van der Waals surface area contributed by atoms with Gasteiger partial charge in [-0.15, -0.1) is 46.4 Å². The quantitative estimate of drug-likeness (QED) is 0.184. The van der Waals surface area contributed by atoms with Gasteiger partial charge < -0.3 is 30.2 Å². The SMILES string of the molecule is CCc1cc(Cc2ccc(N(CC(O)CCl)CC(O)CCl)c(CC)c2)ccc1N(CC(O)CCl)CC(O)CCl. The van der Waals surface area contributed by atoms with Crippen LogP contribution in [0.15, 0.2) is 36.4 Å². The fourth-order valence-corrected chi connectivity index (χ4v) is 5.06. The average molecular weight is 624 g/mol. The van der Waals surface area contributed by atoms with Crippen LogP contribution in [0.1, 0.15) is 36.1 Å². The second-order valence-electron chi connectivity index (χ2n) is 9.85. The Labute approximate surface area is 253 Å². The highest BCUT2D eigenvalue weighted by atomic mass is 35.5. The maximum absolute atomic E-state index is 10.2. The fraction of sp³-hybridized carbons (Fsp3) is 0.586. The average Bonchev–Trinajstić information content (AvgIpc) is 2.95. The van der Waals surface area contributed by atoms with E-state index in [4.69, 9.17) is 46.4 Å². The van der Waals surface area contributed by atoms with Gasteiger partial charge in [0.05, 0.1) is 47.9 Å². The molecule has 0 aliphatic carbocycles. The van der Waals surface area contributed by atoms with Gasteiger partial charge in [0.15, 0.2) is 0 Å². The molecule has 0 saturated carbocycles. The molecule has 0 aromatic heterocycles. The van der Waals surface area contributed by atoms with Crippen molar-refractivity contribution in [1.29, 1.82) is 0 Å². The van der Waals surface area contributed by atoms with Crippen LogP contribution in [0.4, 0.5) is 11.4 Å². The first-order valence-corrected chi connectivity index (χ1v) is 15.5. The van der Waals surface area contributed by atoms with Gasteiger partial charge in [0.2, 0.25) is 0 Å². The molecule has 4 atom stereocenters. The Balaban J connectivity index is 2.34. The van der Waals surface area contributed by atoms with Crippen LogP contribution in [0.25, 0.3) is 0 Å². The van der Waals surface area contributed by atoms with Crippen LogP contribution in [0.2, 0.25) is 0 Å². The number of aryl methyl sites for hydroxylation is 2. The van der Waals surface area contributed by atoms with Crippen LogP contribution >= 0.6 is 46.4 Å². The molecule has 39 heavy (non-hydrogen) atoms. The van der Waals surface area contributed by atoms with E-state index in [0.29, 0.717) is 26.2 Å². The number of aliphatic hydroxyl groups excluding tert-OH is 4.